The van der Waals surface area contributed by atoms with Crippen molar-refractivity contribution in [2.24, 2.45) is 11.3 Å². The van der Waals surface area contributed by atoms with E-state index in [0.717, 1.165) is 24.0 Å². The van der Waals surface area contributed by atoms with Crippen LogP contribution in [-0.2, 0) is 0 Å². The zero-order valence-electron chi connectivity index (χ0n) is 13.8. The van der Waals surface area contributed by atoms with E-state index < -0.39 is 0 Å². The highest BCUT2D eigenvalue weighted by Crippen LogP contribution is 2.41. The number of nitrogens with one attached hydrogen (secondary N) is 1. The van der Waals surface area contributed by atoms with Crippen molar-refractivity contribution in [3.63, 3.8) is 0 Å². The Bertz CT molecular complexity index is 302. The Morgan fingerprint density at radius 1 is 0.900 bits per heavy atom. The second kappa shape index (κ2) is 5.96. The maximum Gasteiger partial charge on any atom is 0.0195 e. The minimum atomic E-state index is 0.516. The van der Waals surface area contributed by atoms with Crippen molar-refractivity contribution in [1.82, 2.24) is 10.2 Å². The normalized spacial score (nSPS) is 35.7. The van der Waals surface area contributed by atoms with Gasteiger partial charge in [0.2, 0.25) is 0 Å². The number of rotatable bonds is 4. The Kier molecular flexibility index (Phi) is 4.42. The fourth-order valence-corrected chi connectivity index (χ4v) is 4.44. The van der Waals surface area contributed by atoms with E-state index in [2.05, 4.69) is 31.0 Å². The maximum atomic E-state index is 3.70. The largest absolute Gasteiger partial charge is 0.313 e. The molecular formula is C18H34N2. The van der Waals surface area contributed by atoms with E-state index in [9.17, 15) is 0 Å². The molecule has 0 aromatic heterocycles. The van der Waals surface area contributed by atoms with E-state index in [-0.39, 0.29) is 0 Å². The van der Waals surface area contributed by atoms with Gasteiger partial charge in [-0.25, -0.2) is 0 Å². The van der Waals surface area contributed by atoms with Crippen molar-refractivity contribution < 1.29 is 0 Å². The van der Waals surface area contributed by atoms with Crippen LogP contribution in [0.3, 0.4) is 0 Å². The second-order valence-corrected chi connectivity index (χ2v) is 8.59. The summed E-state index contributed by atoms with van der Waals surface area (Å²) in [6.45, 7) is 9.87. The third-order valence-electron chi connectivity index (χ3n) is 6.00. The van der Waals surface area contributed by atoms with Gasteiger partial charge in [0.1, 0.15) is 0 Å². The molecule has 3 rings (SSSR count). The lowest BCUT2D eigenvalue weighted by Gasteiger charge is -2.42. The molecule has 0 bridgehead atoms. The van der Waals surface area contributed by atoms with Gasteiger partial charge in [0.25, 0.3) is 0 Å². The van der Waals surface area contributed by atoms with Gasteiger partial charge in [0.05, 0.1) is 0 Å². The van der Waals surface area contributed by atoms with Crippen molar-refractivity contribution in [3.8, 4) is 0 Å². The summed E-state index contributed by atoms with van der Waals surface area (Å²) in [5, 5.41) is 3.70. The predicted octanol–water partition coefficient (Wildman–Crippen LogP) is 3.81. The average Bonchev–Trinajstić information content (AvgIpc) is 3.12. The smallest absolute Gasteiger partial charge is 0.0195 e. The number of nitrogens with zero attached hydrogens (tertiary/aromatic N) is 1. The highest BCUT2D eigenvalue weighted by molar-refractivity contribution is 4.94. The Balaban J connectivity index is 1.53. The molecule has 1 unspecified atom stereocenters. The van der Waals surface area contributed by atoms with Crippen molar-refractivity contribution in [3.05, 3.63) is 0 Å². The van der Waals surface area contributed by atoms with Crippen molar-refractivity contribution >= 4 is 0 Å². The highest BCUT2D eigenvalue weighted by Gasteiger charge is 2.38. The molecule has 1 N–H and O–H groups in total. The molecule has 2 heteroatoms. The lowest BCUT2D eigenvalue weighted by atomic mass is 9.71. The quantitative estimate of drug-likeness (QED) is 0.841. The summed E-state index contributed by atoms with van der Waals surface area (Å²) in [4.78, 5) is 2.90. The Hall–Kier alpha value is -0.0800. The minimum absolute atomic E-state index is 0.516. The molecule has 20 heavy (non-hydrogen) atoms. The monoisotopic (exact) mass is 278 g/mol. The van der Waals surface area contributed by atoms with Gasteiger partial charge < -0.3 is 5.32 Å². The van der Waals surface area contributed by atoms with Gasteiger partial charge in [-0.2, -0.15) is 0 Å². The summed E-state index contributed by atoms with van der Waals surface area (Å²) in [5.74, 6) is 0.949. The fourth-order valence-electron chi connectivity index (χ4n) is 4.44. The number of hydrogen-bond acceptors (Lipinski definition) is 2. The van der Waals surface area contributed by atoms with Crippen LogP contribution in [0.25, 0.3) is 0 Å². The van der Waals surface area contributed by atoms with Crippen LogP contribution < -0.4 is 5.32 Å². The molecule has 3 fully saturated rings. The Morgan fingerprint density at radius 2 is 1.50 bits per heavy atom. The van der Waals surface area contributed by atoms with Crippen LogP contribution in [0.15, 0.2) is 0 Å². The first-order valence-corrected chi connectivity index (χ1v) is 9.03. The molecule has 0 aromatic carbocycles. The van der Waals surface area contributed by atoms with Gasteiger partial charge in [-0.05, 0) is 69.2 Å². The SMILES string of the molecule is CC(C)(C)C1CCC(N(CC2CCCN2)C2CC2)CC1. The van der Waals surface area contributed by atoms with Crippen molar-refractivity contribution in [2.45, 2.75) is 90.3 Å². The predicted molar refractivity (Wildman–Crippen MR) is 86.0 cm³/mol. The first-order valence-electron chi connectivity index (χ1n) is 9.03. The average molecular weight is 278 g/mol. The van der Waals surface area contributed by atoms with Crippen LogP contribution in [0.4, 0.5) is 0 Å². The van der Waals surface area contributed by atoms with Gasteiger partial charge in [-0.1, -0.05) is 20.8 Å². The molecule has 1 atom stereocenters. The van der Waals surface area contributed by atoms with Gasteiger partial charge in [0, 0.05) is 24.7 Å². The first kappa shape index (κ1) is 14.8. The highest BCUT2D eigenvalue weighted by atomic mass is 15.2. The molecule has 3 aliphatic rings. The maximum absolute atomic E-state index is 3.70. The van der Waals surface area contributed by atoms with Crippen LogP contribution in [0.2, 0.25) is 0 Å². The fraction of sp³-hybridized carbons (Fsp3) is 1.00. The van der Waals surface area contributed by atoms with Crippen molar-refractivity contribution in [1.29, 1.82) is 0 Å². The van der Waals surface area contributed by atoms with Gasteiger partial charge in [0.15, 0.2) is 0 Å². The summed E-state index contributed by atoms with van der Waals surface area (Å²) in [7, 11) is 0. The molecular weight excluding hydrogens is 244 g/mol. The molecule has 1 saturated heterocycles. The number of hydrogen-bond donors (Lipinski definition) is 1. The lowest BCUT2D eigenvalue weighted by Crippen LogP contribution is -2.46. The van der Waals surface area contributed by atoms with Crippen molar-refractivity contribution in [2.75, 3.05) is 13.1 Å². The zero-order valence-corrected chi connectivity index (χ0v) is 13.8. The standard InChI is InChI=1S/C18H34N2/c1-18(2,3)14-6-8-16(9-7-14)20(17-10-11-17)13-15-5-4-12-19-15/h14-17,19H,4-13H2,1-3H3. The van der Waals surface area contributed by atoms with Crippen LogP contribution in [0.5, 0.6) is 0 Å². The molecule has 2 nitrogen and oxygen atoms in total. The summed E-state index contributed by atoms with van der Waals surface area (Å²) < 4.78 is 0. The summed E-state index contributed by atoms with van der Waals surface area (Å²) in [6.07, 6.45) is 11.5. The third-order valence-corrected chi connectivity index (χ3v) is 6.00. The van der Waals surface area contributed by atoms with Crippen LogP contribution >= 0.6 is 0 Å². The van der Waals surface area contributed by atoms with Crippen LogP contribution in [0, 0.1) is 11.3 Å². The van der Waals surface area contributed by atoms with Gasteiger partial charge in [-0.15, -0.1) is 0 Å². The third kappa shape index (κ3) is 3.57. The molecule has 0 amide bonds. The van der Waals surface area contributed by atoms with E-state index in [1.54, 1.807) is 0 Å². The Labute approximate surface area is 125 Å². The zero-order chi connectivity index (χ0) is 14.2. The van der Waals surface area contributed by atoms with E-state index in [1.165, 1.54) is 64.5 Å². The minimum Gasteiger partial charge on any atom is -0.313 e. The first-order chi connectivity index (χ1) is 9.54. The molecule has 0 radical (unpaired) electrons. The molecule has 0 aromatic rings. The van der Waals surface area contributed by atoms with E-state index in [1.807, 2.05) is 0 Å². The molecule has 0 spiro atoms. The molecule has 116 valence electrons. The Morgan fingerprint density at radius 3 is 1.95 bits per heavy atom. The molecule has 2 aliphatic carbocycles. The van der Waals surface area contributed by atoms with E-state index in [0.29, 0.717) is 5.41 Å². The van der Waals surface area contributed by atoms with E-state index in [4.69, 9.17) is 0 Å². The second-order valence-electron chi connectivity index (χ2n) is 8.59. The summed E-state index contributed by atoms with van der Waals surface area (Å²) in [6, 6.07) is 2.62. The molecule has 1 heterocycles. The van der Waals surface area contributed by atoms with Gasteiger partial charge >= 0.3 is 0 Å². The van der Waals surface area contributed by atoms with Gasteiger partial charge in [-0.3, -0.25) is 4.90 Å². The van der Waals surface area contributed by atoms with Crippen LogP contribution in [0.1, 0.15) is 72.1 Å². The molecule has 2 saturated carbocycles. The van der Waals surface area contributed by atoms with Crippen LogP contribution in [-0.4, -0.2) is 36.1 Å². The summed E-state index contributed by atoms with van der Waals surface area (Å²) >= 11 is 0. The lowest BCUT2D eigenvalue weighted by molar-refractivity contribution is 0.0847. The summed E-state index contributed by atoms with van der Waals surface area (Å²) in [5.41, 5.74) is 0.516. The van der Waals surface area contributed by atoms with E-state index >= 15 is 0 Å². The molecule has 1 aliphatic heterocycles. The topological polar surface area (TPSA) is 15.3 Å².